The van der Waals surface area contributed by atoms with Gasteiger partial charge < -0.3 is 5.32 Å². The fraction of sp³-hybridized carbons (Fsp3) is 0.625. The summed E-state index contributed by atoms with van der Waals surface area (Å²) in [6.07, 6.45) is -4.27. The molecule has 1 atom stereocenters. The van der Waals surface area contributed by atoms with Crippen LogP contribution in [-0.2, 0) is 0 Å². The van der Waals surface area contributed by atoms with E-state index >= 15 is 0 Å². The lowest BCUT2D eigenvalue weighted by molar-refractivity contribution is -0.188. The predicted molar refractivity (Wildman–Crippen MR) is 99.8 cm³/mol. The van der Waals surface area contributed by atoms with Crippen LogP contribution < -0.4 is 5.32 Å². The van der Waals surface area contributed by atoms with Crippen LogP contribution in [0.3, 0.4) is 0 Å². The summed E-state index contributed by atoms with van der Waals surface area (Å²) in [5.41, 5.74) is 0.372. The fourth-order valence-corrected chi connectivity index (χ4v) is 3.75. The highest BCUT2D eigenvalue weighted by molar-refractivity contribution is 8.00. The summed E-state index contributed by atoms with van der Waals surface area (Å²) in [6, 6.07) is 5.40. The van der Waals surface area contributed by atoms with Crippen molar-refractivity contribution in [2.75, 3.05) is 26.2 Å². The molecule has 24 heavy (non-hydrogen) atoms. The van der Waals surface area contributed by atoms with E-state index in [-0.39, 0.29) is 29.6 Å². The van der Waals surface area contributed by atoms with Gasteiger partial charge in [0.15, 0.2) is 0 Å². The molecule has 0 bridgehead atoms. The molecule has 0 saturated carbocycles. The Labute approximate surface area is 158 Å². The topological polar surface area (TPSA) is 15.3 Å². The smallest absolute Gasteiger partial charge is 0.314 e. The van der Waals surface area contributed by atoms with Gasteiger partial charge in [0.25, 0.3) is 0 Å². The molecule has 140 valence electrons. The standard InChI is InChI=1S/C16H23F3N2S.2ClH/c1-15(2,3)22-13-7-5-4-6-12(13)14(16(17,18)19)21-10-8-20-9-11-21;;/h4-7,14,20H,8-11H2,1-3H3;2*1H/t14-;;/m0../s1. The second kappa shape index (κ2) is 9.53. The average Bonchev–Trinajstić information content (AvgIpc) is 2.39. The minimum Gasteiger partial charge on any atom is -0.314 e. The molecule has 0 aromatic heterocycles. The van der Waals surface area contributed by atoms with E-state index in [9.17, 15) is 13.2 Å². The lowest BCUT2D eigenvalue weighted by atomic mass is 10.0. The number of halogens is 5. The summed E-state index contributed by atoms with van der Waals surface area (Å²) < 4.78 is 41.1. The van der Waals surface area contributed by atoms with Crippen LogP contribution in [0.1, 0.15) is 32.4 Å². The van der Waals surface area contributed by atoms with Gasteiger partial charge in [0.05, 0.1) is 0 Å². The largest absolute Gasteiger partial charge is 0.408 e. The van der Waals surface area contributed by atoms with Crippen LogP contribution in [0, 0.1) is 0 Å². The van der Waals surface area contributed by atoms with Crippen molar-refractivity contribution in [3.05, 3.63) is 29.8 Å². The number of benzene rings is 1. The van der Waals surface area contributed by atoms with E-state index in [0.29, 0.717) is 31.7 Å². The fourth-order valence-electron chi connectivity index (χ4n) is 2.65. The van der Waals surface area contributed by atoms with Gasteiger partial charge in [-0.25, -0.2) is 0 Å². The Kier molecular flexibility index (Phi) is 9.47. The monoisotopic (exact) mass is 404 g/mol. The maximum atomic E-state index is 13.7. The Balaban J connectivity index is 0.00000264. The Morgan fingerprint density at radius 3 is 2.08 bits per heavy atom. The third-order valence-electron chi connectivity index (χ3n) is 3.46. The van der Waals surface area contributed by atoms with Gasteiger partial charge in [-0.05, 0) is 11.6 Å². The zero-order valence-electron chi connectivity index (χ0n) is 14.0. The zero-order valence-corrected chi connectivity index (χ0v) is 16.5. The average molecular weight is 405 g/mol. The van der Waals surface area contributed by atoms with E-state index < -0.39 is 12.2 Å². The Morgan fingerprint density at radius 1 is 1.04 bits per heavy atom. The highest BCUT2D eigenvalue weighted by Gasteiger charge is 2.46. The van der Waals surface area contributed by atoms with Gasteiger partial charge in [0.1, 0.15) is 6.04 Å². The van der Waals surface area contributed by atoms with Gasteiger partial charge in [-0.2, -0.15) is 13.2 Å². The molecule has 1 aliphatic heterocycles. The third kappa shape index (κ3) is 6.64. The molecule has 0 aliphatic carbocycles. The summed E-state index contributed by atoms with van der Waals surface area (Å²) in [6.45, 7) is 8.07. The third-order valence-corrected chi connectivity index (χ3v) is 4.66. The maximum Gasteiger partial charge on any atom is 0.408 e. The summed E-state index contributed by atoms with van der Waals surface area (Å²) >= 11 is 1.49. The minimum absolute atomic E-state index is 0. The van der Waals surface area contributed by atoms with Gasteiger partial charge in [-0.1, -0.05) is 39.0 Å². The van der Waals surface area contributed by atoms with Crippen LogP contribution >= 0.6 is 36.6 Å². The number of rotatable bonds is 3. The van der Waals surface area contributed by atoms with Crippen molar-refractivity contribution in [3.8, 4) is 0 Å². The molecular formula is C16H25Cl2F3N2S. The lowest BCUT2D eigenvalue weighted by Crippen LogP contribution is -2.49. The Morgan fingerprint density at radius 2 is 1.58 bits per heavy atom. The molecule has 1 aliphatic rings. The highest BCUT2D eigenvalue weighted by Crippen LogP contribution is 2.44. The van der Waals surface area contributed by atoms with Crippen molar-refractivity contribution in [2.24, 2.45) is 0 Å². The van der Waals surface area contributed by atoms with Crippen LogP contribution in [0.4, 0.5) is 13.2 Å². The Bertz CT molecular complexity index is 501. The van der Waals surface area contributed by atoms with E-state index in [1.165, 1.54) is 11.8 Å². The molecule has 1 aromatic rings. The quantitative estimate of drug-likeness (QED) is 0.718. The molecule has 8 heteroatoms. The normalized spacial score (nSPS) is 17.6. The number of piperazine rings is 1. The van der Waals surface area contributed by atoms with E-state index in [2.05, 4.69) is 5.32 Å². The number of nitrogens with one attached hydrogen (secondary N) is 1. The van der Waals surface area contributed by atoms with Crippen molar-refractivity contribution >= 4 is 36.6 Å². The molecule has 2 nitrogen and oxygen atoms in total. The molecule has 0 unspecified atom stereocenters. The number of thioether (sulfide) groups is 1. The maximum absolute atomic E-state index is 13.7. The van der Waals surface area contributed by atoms with Crippen LogP contribution in [0.2, 0.25) is 0 Å². The number of hydrogen-bond donors (Lipinski definition) is 1. The molecule has 0 spiro atoms. The van der Waals surface area contributed by atoms with Gasteiger partial charge >= 0.3 is 6.18 Å². The first kappa shape index (κ1) is 23.9. The van der Waals surface area contributed by atoms with E-state index in [4.69, 9.17) is 0 Å². The van der Waals surface area contributed by atoms with Crippen molar-refractivity contribution in [3.63, 3.8) is 0 Å². The van der Waals surface area contributed by atoms with Crippen molar-refractivity contribution in [1.82, 2.24) is 10.2 Å². The summed E-state index contributed by atoms with van der Waals surface area (Å²) in [5, 5.41) is 3.11. The lowest BCUT2D eigenvalue weighted by Gasteiger charge is -2.37. The summed E-state index contributed by atoms with van der Waals surface area (Å²) in [7, 11) is 0. The molecule has 2 rings (SSSR count). The molecule has 1 aromatic carbocycles. The van der Waals surface area contributed by atoms with Crippen molar-refractivity contribution in [2.45, 2.75) is 42.6 Å². The van der Waals surface area contributed by atoms with Crippen molar-refractivity contribution < 1.29 is 13.2 Å². The van der Waals surface area contributed by atoms with Crippen LogP contribution in [-0.4, -0.2) is 42.0 Å². The van der Waals surface area contributed by atoms with Crippen molar-refractivity contribution in [1.29, 1.82) is 0 Å². The van der Waals surface area contributed by atoms with Crippen LogP contribution in [0.5, 0.6) is 0 Å². The summed E-state index contributed by atoms with van der Waals surface area (Å²) in [4.78, 5) is 2.26. The van der Waals surface area contributed by atoms with E-state index in [0.717, 1.165) is 4.90 Å². The first-order chi connectivity index (χ1) is 10.2. The molecule has 0 radical (unpaired) electrons. The first-order valence-electron chi connectivity index (χ1n) is 7.48. The van der Waals surface area contributed by atoms with E-state index in [1.54, 1.807) is 23.1 Å². The minimum atomic E-state index is -4.27. The second-order valence-corrected chi connectivity index (χ2v) is 8.35. The predicted octanol–water partition coefficient (Wildman–Crippen LogP) is 4.93. The highest BCUT2D eigenvalue weighted by atomic mass is 35.5. The molecule has 1 saturated heterocycles. The van der Waals surface area contributed by atoms with Gasteiger partial charge in [-0.3, -0.25) is 4.90 Å². The molecule has 1 N–H and O–H groups in total. The second-order valence-electron chi connectivity index (χ2n) is 6.48. The molecular weight excluding hydrogens is 380 g/mol. The zero-order chi connectivity index (χ0) is 16.4. The number of nitrogens with zero attached hydrogens (tertiary/aromatic N) is 1. The Hall–Kier alpha value is -0.140. The molecule has 0 amide bonds. The van der Waals surface area contributed by atoms with Gasteiger partial charge in [-0.15, -0.1) is 36.6 Å². The number of alkyl halides is 3. The molecule has 1 fully saturated rings. The molecule has 1 heterocycles. The first-order valence-corrected chi connectivity index (χ1v) is 8.29. The SMILES string of the molecule is CC(C)(C)Sc1ccccc1[C@H](N1CCNCC1)C(F)(F)F.Cl.Cl. The van der Waals surface area contributed by atoms with Gasteiger partial charge in [0, 0.05) is 35.8 Å². The summed E-state index contributed by atoms with van der Waals surface area (Å²) in [5.74, 6) is 0. The van der Waals surface area contributed by atoms with Crippen LogP contribution in [0.15, 0.2) is 29.2 Å². The van der Waals surface area contributed by atoms with Gasteiger partial charge in [0.2, 0.25) is 0 Å². The number of hydrogen-bond acceptors (Lipinski definition) is 3. The van der Waals surface area contributed by atoms with E-state index in [1.807, 2.05) is 26.8 Å². The van der Waals surface area contributed by atoms with Crippen LogP contribution in [0.25, 0.3) is 0 Å².